The Morgan fingerprint density at radius 3 is 2.88 bits per heavy atom. The average Bonchev–Trinajstić information content (AvgIpc) is 2.91. The molecule has 3 N–H and O–H groups in total. The summed E-state index contributed by atoms with van der Waals surface area (Å²) < 4.78 is 11.5. The largest absolute Gasteiger partial charge is 0.494 e. The van der Waals surface area contributed by atoms with Gasteiger partial charge in [0.15, 0.2) is 0 Å². The molecule has 0 aliphatic carbocycles. The van der Waals surface area contributed by atoms with E-state index in [-0.39, 0.29) is 12.0 Å². The summed E-state index contributed by atoms with van der Waals surface area (Å²) in [6.45, 7) is 5.84. The Labute approximate surface area is 144 Å². The molecule has 5 nitrogen and oxygen atoms in total. The van der Waals surface area contributed by atoms with Crippen LogP contribution in [0.4, 0.5) is 0 Å². The highest BCUT2D eigenvalue weighted by atomic mass is 16.5. The summed E-state index contributed by atoms with van der Waals surface area (Å²) >= 11 is 0. The molecule has 1 amide bonds. The van der Waals surface area contributed by atoms with Crippen LogP contribution in [0.15, 0.2) is 12.1 Å². The second-order valence-electron chi connectivity index (χ2n) is 6.36. The molecule has 1 aliphatic heterocycles. The first-order valence-electron chi connectivity index (χ1n) is 9.06. The van der Waals surface area contributed by atoms with Gasteiger partial charge in [-0.15, -0.1) is 0 Å². The van der Waals surface area contributed by atoms with Crippen molar-refractivity contribution in [2.75, 3.05) is 13.2 Å². The van der Waals surface area contributed by atoms with Crippen molar-refractivity contribution in [2.45, 2.75) is 65.0 Å². The van der Waals surface area contributed by atoms with Gasteiger partial charge in [-0.05, 0) is 45.4 Å². The predicted octanol–water partition coefficient (Wildman–Crippen LogP) is 2.93. The highest BCUT2D eigenvalue weighted by Gasteiger charge is 2.21. The molecular formula is C19H30N2O3. The van der Waals surface area contributed by atoms with Gasteiger partial charge in [0.05, 0.1) is 6.61 Å². The second-order valence-corrected chi connectivity index (χ2v) is 6.36. The maximum atomic E-state index is 12.0. The maximum absolute atomic E-state index is 12.0. The summed E-state index contributed by atoms with van der Waals surface area (Å²) in [4.78, 5) is 12.0. The van der Waals surface area contributed by atoms with Gasteiger partial charge in [0.1, 0.15) is 17.6 Å². The number of rotatable bonds is 10. The number of hydrogen-bond donors (Lipinski definition) is 2. The summed E-state index contributed by atoms with van der Waals surface area (Å²) in [5.74, 6) is 1.84. The third kappa shape index (κ3) is 5.41. The molecule has 1 unspecified atom stereocenters. The molecule has 0 saturated carbocycles. The molecule has 0 radical (unpaired) electrons. The topological polar surface area (TPSA) is 73.6 Å². The van der Waals surface area contributed by atoms with E-state index >= 15 is 0 Å². The van der Waals surface area contributed by atoms with E-state index in [1.807, 2.05) is 13.0 Å². The Kier molecular flexibility index (Phi) is 7.37. The van der Waals surface area contributed by atoms with Crippen molar-refractivity contribution in [1.82, 2.24) is 5.32 Å². The normalized spacial score (nSPS) is 15.7. The van der Waals surface area contributed by atoms with Gasteiger partial charge in [-0.3, -0.25) is 4.79 Å². The SMILES string of the molecule is CCOc1cc2c(cc1CNC(=O)CCCCCCN)OC(C)C2. The van der Waals surface area contributed by atoms with Crippen molar-refractivity contribution in [3.05, 3.63) is 23.3 Å². The Bertz CT molecular complexity index is 546. The summed E-state index contributed by atoms with van der Waals surface area (Å²) in [6, 6.07) is 4.06. The minimum absolute atomic E-state index is 0.0833. The number of hydrogen-bond acceptors (Lipinski definition) is 4. The van der Waals surface area contributed by atoms with Crippen molar-refractivity contribution in [2.24, 2.45) is 5.73 Å². The van der Waals surface area contributed by atoms with Crippen LogP contribution in [0.25, 0.3) is 0 Å². The molecule has 5 heteroatoms. The van der Waals surface area contributed by atoms with E-state index in [9.17, 15) is 4.79 Å². The third-order valence-electron chi connectivity index (χ3n) is 4.21. The minimum Gasteiger partial charge on any atom is -0.494 e. The fraction of sp³-hybridized carbons (Fsp3) is 0.632. The van der Waals surface area contributed by atoms with Crippen molar-refractivity contribution in [1.29, 1.82) is 0 Å². The van der Waals surface area contributed by atoms with E-state index in [4.69, 9.17) is 15.2 Å². The summed E-state index contributed by atoms with van der Waals surface area (Å²) in [5.41, 5.74) is 7.62. The summed E-state index contributed by atoms with van der Waals surface area (Å²) in [5, 5.41) is 2.99. The van der Waals surface area contributed by atoms with Crippen LogP contribution in [0.2, 0.25) is 0 Å². The van der Waals surface area contributed by atoms with Gasteiger partial charge in [-0.1, -0.05) is 12.8 Å². The molecule has 0 aromatic heterocycles. The van der Waals surface area contributed by atoms with Gasteiger partial charge in [0.2, 0.25) is 5.91 Å². The molecule has 1 aromatic carbocycles. The summed E-state index contributed by atoms with van der Waals surface area (Å²) in [6.07, 6.45) is 5.77. The lowest BCUT2D eigenvalue weighted by Gasteiger charge is -2.13. The molecule has 1 aromatic rings. The molecule has 0 fully saturated rings. The number of benzene rings is 1. The Hall–Kier alpha value is -1.75. The summed E-state index contributed by atoms with van der Waals surface area (Å²) in [7, 11) is 0. The molecule has 2 rings (SSSR count). The average molecular weight is 334 g/mol. The van der Waals surface area contributed by atoms with Crippen molar-refractivity contribution < 1.29 is 14.3 Å². The highest BCUT2D eigenvalue weighted by Crippen LogP contribution is 2.35. The van der Waals surface area contributed by atoms with Crippen molar-refractivity contribution >= 4 is 5.91 Å². The molecule has 1 atom stereocenters. The fourth-order valence-corrected chi connectivity index (χ4v) is 2.98. The smallest absolute Gasteiger partial charge is 0.220 e. The van der Waals surface area contributed by atoms with E-state index in [0.29, 0.717) is 19.6 Å². The molecule has 134 valence electrons. The van der Waals surface area contributed by atoms with Crippen molar-refractivity contribution in [3.8, 4) is 11.5 Å². The first-order chi connectivity index (χ1) is 11.6. The van der Waals surface area contributed by atoms with Crippen LogP contribution in [0.1, 0.15) is 57.1 Å². The molecule has 1 aliphatic rings. The van der Waals surface area contributed by atoms with Gasteiger partial charge in [-0.2, -0.15) is 0 Å². The molecule has 24 heavy (non-hydrogen) atoms. The maximum Gasteiger partial charge on any atom is 0.220 e. The Balaban J connectivity index is 1.87. The third-order valence-corrected chi connectivity index (χ3v) is 4.21. The fourth-order valence-electron chi connectivity index (χ4n) is 2.98. The number of ether oxygens (including phenoxy) is 2. The number of unbranched alkanes of at least 4 members (excludes halogenated alkanes) is 3. The van der Waals surface area contributed by atoms with E-state index in [0.717, 1.165) is 55.7 Å². The standard InChI is InChI=1S/C19H30N2O3/c1-3-23-17-11-15-10-14(2)24-18(15)12-16(17)13-21-19(22)8-6-4-5-7-9-20/h11-12,14H,3-10,13,20H2,1-2H3,(H,21,22). The van der Waals surface area contributed by atoms with Crippen molar-refractivity contribution in [3.63, 3.8) is 0 Å². The zero-order valence-corrected chi connectivity index (χ0v) is 14.9. The van der Waals surface area contributed by atoms with Gasteiger partial charge >= 0.3 is 0 Å². The minimum atomic E-state index is 0.0833. The second kappa shape index (κ2) is 9.52. The van der Waals surface area contributed by atoms with Crippen LogP contribution >= 0.6 is 0 Å². The molecule has 0 spiro atoms. The molecular weight excluding hydrogens is 304 g/mol. The lowest BCUT2D eigenvalue weighted by Crippen LogP contribution is -2.22. The van der Waals surface area contributed by atoms with Crippen LogP contribution in [-0.2, 0) is 17.8 Å². The molecule has 1 heterocycles. The van der Waals surface area contributed by atoms with E-state index in [1.165, 1.54) is 5.56 Å². The van der Waals surface area contributed by atoms with Gasteiger partial charge < -0.3 is 20.5 Å². The van der Waals surface area contributed by atoms with Gasteiger partial charge in [0.25, 0.3) is 0 Å². The number of amides is 1. The van der Waals surface area contributed by atoms with Crippen LogP contribution in [0, 0.1) is 0 Å². The zero-order valence-electron chi connectivity index (χ0n) is 14.9. The predicted molar refractivity (Wildman–Crippen MR) is 95.4 cm³/mol. The van der Waals surface area contributed by atoms with Gasteiger partial charge in [-0.25, -0.2) is 0 Å². The molecule has 0 saturated heterocycles. The first kappa shape index (κ1) is 18.6. The van der Waals surface area contributed by atoms with Crippen LogP contribution in [-0.4, -0.2) is 25.2 Å². The zero-order chi connectivity index (χ0) is 17.4. The monoisotopic (exact) mass is 334 g/mol. The van der Waals surface area contributed by atoms with E-state index < -0.39 is 0 Å². The quantitative estimate of drug-likeness (QED) is 0.645. The van der Waals surface area contributed by atoms with Gasteiger partial charge in [0, 0.05) is 30.5 Å². The van der Waals surface area contributed by atoms with E-state index in [1.54, 1.807) is 0 Å². The number of carbonyl (C=O) groups excluding carboxylic acids is 1. The lowest BCUT2D eigenvalue weighted by molar-refractivity contribution is -0.121. The number of fused-ring (bicyclic) bond motifs is 1. The Morgan fingerprint density at radius 2 is 2.12 bits per heavy atom. The number of carbonyl (C=O) groups is 1. The highest BCUT2D eigenvalue weighted by molar-refractivity contribution is 5.75. The molecule has 0 bridgehead atoms. The van der Waals surface area contributed by atoms with Crippen LogP contribution in [0.3, 0.4) is 0 Å². The van der Waals surface area contributed by atoms with E-state index in [2.05, 4.69) is 18.3 Å². The van der Waals surface area contributed by atoms with Crippen LogP contribution in [0.5, 0.6) is 11.5 Å². The first-order valence-corrected chi connectivity index (χ1v) is 9.06. The Morgan fingerprint density at radius 1 is 1.33 bits per heavy atom. The lowest BCUT2D eigenvalue weighted by atomic mass is 10.1. The number of nitrogens with two attached hydrogens (primary N) is 1. The number of nitrogens with one attached hydrogen (secondary N) is 1. The van der Waals surface area contributed by atoms with Crippen LogP contribution < -0.4 is 20.5 Å².